The Kier molecular flexibility index (Phi) is 15.4. The molecule has 64 heavy (non-hydrogen) atoms. The van der Waals surface area contributed by atoms with E-state index >= 15 is 0 Å². The van der Waals surface area contributed by atoms with E-state index in [4.69, 9.17) is 15.2 Å². The molecule has 8 rings (SSSR count). The van der Waals surface area contributed by atoms with Crippen LogP contribution in [0.2, 0.25) is 0 Å². The molecule has 3 saturated carbocycles. The van der Waals surface area contributed by atoms with Gasteiger partial charge < -0.3 is 15.2 Å². The van der Waals surface area contributed by atoms with Crippen molar-refractivity contribution >= 4 is 35.0 Å². The zero-order valence-corrected chi connectivity index (χ0v) is 39.8. The van der Waals surface area contributed by atoms with Gasteiger partial charge in [-0.1, -0.05) is 133 Å². The van der Waals surface area contributed by atoms with Crippen LogP contribution in [0, 0.1) is 43.4 Å². The molecule has 0 amide bonds. The van der Waals surface area contributed by atoms with E-state index in [0.29, 0.717) is 27.9 Å². The van der Waals surface area contributed by atoms with Gasteiger partial charge in [0.1, 0.15) is 11.9 Å². The lowest BCUT2D eigenvalue weighted by Crippen LogP contribution is -2.30. The molecule has 4 aliphatic carbocycles. The topological polar surface area (TPSA) is 95.7 Å². The molecular weight excluding hydrogens is 811 g/mol. The van der Waals surface area contributed by atoms with Crippen molar-refractivity contribution in [2.75, 3.05) is 12.3 Å². The number of unbranched alkanes of at least 4 members (excludes halogenated alkanes) is 3. The summed E-state index contributed by atoms with van der Waals surface area (Å²) in [6.45, 7) is 9.62. The number of rotatable bonds is 16. The minimum atomic E-state index is -0.528. The van der Waals surface area contributed by atoms with Gasteiger partial charge in [-0.3, -0.25) is 9.59 Å². The minimum absolute atomic E-state index is 0.0180. The smallest absolute Gasteiger partial charge is 0.340 e. The number of hydrogen-bond acceptors (Lipinski definition) is 7. The van der Waals surface area contributed by atoms with Crippen LogP contribution in [-0.4, -0.2) is 30.2 Å². The van der Waals surface area contributed by atoms with Crippen LogP contribution < -0.4 is 10.5 Å². The second-order valence-electron chi connectivity index (χ2n) is 19.9. The average molecular weight is 882 g/mol. The van der Waals surface area contributed by atoms with E-state index in [-0.39, 0.29) is 40.0 Å². The van der Waals surface area contributed by atoms with Crippen molar-refractivity contribution in [2.45, 2.75) is 166 Å². The maximum atomic E-state index is 14.2. The van der Waals surface area contributed by atoms with E-state index < -0.39 is 5.97 Å². The van der Waals surface area contributed by atoms with Gasteiger partial charge in [-0.2, -0.15) is 0 Å². The Balaban J connectivity index is 0.953. The summed E-state index contributed by atoms with van der Waals surface area (Å²) in [4.78, 5) is 43.9. The summed E-state index contributed by atoms with van der Waals surface area (Å²) in [5.74, 6) is 3.75. The fraction of sp³-hybridized carbons (Fsp3) is 0.526. The van der Waals surface area contributed by atoms with E-state index in [0.717, 1.165) is 82.9 Å². The van der Waals surface area contributed by atoms with Gasteiger partial charge in [-0.05, 0) is 147 Å². The highest BCUT2D eigenvalue weighted by molar-refractivity contribution is 7.99. The molecule has 2 N–H and O–H groups in total. The Morgan fingerprint density at radius 3 is 1.80 bits per heavy atom. The number of fused-ring (bicyclic) bond motifs is 2. The van der Waals surface area contributed by atoms with E-state index in [1.54, 1.807) is 30.3 Å². The van der Waals surface area contributed by atoms with E-state index in [1.807, 2.05) is 12.1 Å². The van der Waals surface area contributed by atoms with Gasteiger partial charge in [0.05, 0.1) is 23.4 Å². The molecule has 6 nitrogen and oxygen atoms in total. The Morgan fingerprint density at radius 2 is 1.19 bits per heavy atom. The van der Waals surface area contributed by atoms with Gasteiger partial charge in [0, 0.05) is 26.5 Å². The zero-order chi connectivity index (χ0) is 44.7. The third-order valence-corrected chi connectivity index (χ3v) is 16.5. The molecule has 340 valence electrons. The van der Waals surface area contributed by atoms with Crippen molar-refractivity contribution in [3.8, 4) is 16.9 Å². The number of carbonyl (C=O) groups excluding carboxylic acids is 3. The van der Waals surface area contributed by atoms with Crippen molar-refractivity contribution in [3.63, 3.8) is 0 Å². The fourth-order valence-electron chi connectivity index (χ4n) is 11.6. The highest BCUT2D eigenvalue weighted by Crippen LogP contribution is 2.45. The van der Waals surface area contributed by atoms with Crippen LogP contribution in [0.1, 0.15) is 189 Å². The van der Waals surface area contributed by atoms with E-state index in [1.165, 1.54) is 108 Å². The van der Waals surface area contributed by atoms with Crippen molar-refractivity contribution in [2.24, 2.45) is 29.6 Å². The SMILES string of the molecule is CCCCCC1CCC(COc2c(C)cc(-c3ccc(Sc4cc(C(=O)OC5CCC(C6CCC(CCCC)CC6)CC5)c(N)c5c4C(=O)c4ccccc4C5=O)cc3)cc2C)CC1. The summed E-state index contributed by atoms with van der Waals surface area (Å²) in [6.07, 6.45) is 23.6. The summed E-state index contributed by atoms with van der Waals surface area (Å²) < 4.78 is 12.7. The van der Waals surface area contributed by atoms with Crippen LogP contribution >= 0.6 is 11.8 Å². The van der Waals surface area contributed by atoms with Crippen molar-refractivity contribution < 1.29 is 23.9 Å². The quantitative estimate of drug-likeness (QED) is 0.0599. The zero-order valence-electron chi connectivity index (χ0n) is 39.0. The number of nitrogen functional groups attached to an aromatic ring is 1. The molecule has 4 aromatic carbocycles. The number of nitrogens with two attached hydrogens (primary N) is 1. The molecule has 7 heteroatoms. The molecule has 0 saturated heterocycles. The Bertz CT molecular complexity index is 2250. The molecule has 0 radical (unpaired) electrons. The van der Waals surface area contributed by atoms with Gasteiger partial charge >= 0.3 is 5.97 Å². The third-order valence-electron chi connectivity index (χ3n) is 15.5. The lowest BCUT2D eigenvalue weighted by atomic mass is 9.70. The summed E-state index contributed by atoms with van der Waals surface area (Å²) in [6, 6.07) is 21.2. The third kappa shape index (κ3) is 10.5. The van der Waals surface area contributed by atoms with E-state index in [2.05, 4.69) is 52.0 Å². The van der Waals surface area contributed by atoms with Crippen LogP contribution in [0.15, 0.2) is 76.5 Å². The molecule has 0 spiro atoms. The summed E-state index contributed by atoms with van der Waals surface area (Å²) in [5, 5.41) is 0. The number of hydrogen-bond donors (Lipinski definition) is 1. The monoisotopic (exact) mass is 882 g/mol. The number of carbonyl (C=O) groups is 3. The maximum absolute atomic E-state index is 14.2. The van der Waals surface area contributed by atoms with Crippen LogP contribution in [0.5, 0.6) is 5.75 Å². The second kappa shape index (κ2) is 21.3. The first-order valence-corrected chi connectivity index (χ1v) is 25.8. The first-order chi connectivity index (χ1) is 31.1. The molecule has 0 aromatic heterocycles. The van der Waals surface area contributed by atoms with Crippen molar-refractivity contribution in [1.29, 1.82) is 0 Å². The molecule has 0 aliphatic heterocycles. The van der Waals surface area contributed by atoms with Gasteiger partial charge in [0.15, 0.2) is 11.6 Å². The predicted molar refractivity (Wildman–Crippen MR) is 261 cm³/mol. The molecule has 3 fully saturated rings. The lowest BCUT2D eigenvalue weighted by molar-refractivity contribution is 0.0110. The highest BCUT2D eigenvalue weighted by Gasteiger charge is 2.37. The molecule has 0 heterocycles. The van der Waals surface area contributed by atoms with Crippen molar-refractivity contribution in [1.82, 2.24) is 0 Å². The standard InChI is InChI=1S/C57H71NO5S/c1-5-7-9-13-39-16-18-40(19-17-39)35-62-56-36(3)32-44(33-37(56)4)43-26-30-46(31-27-43)64-50-34-49(53(58)52-51(50)54(59)47-14-10-11-15-48(47)55(52)60)57(61)63-45-28-24-42(25-29-45)41-22-20-38(21-23-41)12-8-6-2/h10-11,14-15,26-27,30-34,38-42,45H,5-9,12-13,16-25,28-29,35,58H2,1-4H3. The lowest BCUT2D eigenvalue weighted by Gasteiger charge is -2.37. The Morgan fingerprint density at radius 1 is 0.641 bits per heavy atom. The van der Waals surface area contributed by atoms with Crippen LogP contribution in [0.3, 0.4) is 0 Å². The van der Waals surface area contributed by atoms with Crippen LogP contribution in [0.4, 0.5) is 5.69 Å². The number of ketones is 2. The number of benzene rings is 4. The van der Waals surface area contributed by atoms with Crippen molar-refractivity contribution in [3.05, 3.63) is 106 Å². The first kappa shape index (κ1) is 46.2. The highest BCUT2D eigenvalue weighted by atomic mass is 32.2. The largest absolute Gasteiger partial charge is 0.493 e. The summed E-state index contributed by atoms with van der Waals surface area (Å²) in [5.41, 5.74) is 12.4. The van der Waals surface area contributed by atoms with Gasteiger partial charge in [-0.15, -0.1) is 0 Å². The first-order valence-electron chi connectivity index (χ1n) is 25.0. The summed E-state index contributed by atoms with van der Waals surface area (Å²) in [7, 11) is 0. The number of anilines is 1. The van der Waals surface area contributed by atoms with Crippen LogP contribution in [0.25, 0.3) is 11.1 Å². The number of ether oxygens (including phenoxy) is 2. The summed E-state index contributed by atoms with van der Waals surface area (Å²) >= 11 is 1.37. The number of aryl methyl sites for hydroxylation is 2. The Labute approximate surface area is 387 Å². The number of esters is 1. The molecule has 0 atom stereocenters. The Hall–Kier alpha value is -4.36. The maximum Gasteiger partial charge on any atom is 0.340 e. The molecule has 0 unspecified atom stereocenters. The van der Waals surface area contributed by atoms with Gasteiger partial charge in [0.2, 0.25) is 0 Å². The molecule has 4 aliphatic rings. The second-order valence-corrected chi connectivity index (χ2v) is 21.0. The van der Waals surface area contributed by atoms with E-state index in [9.17, 15) is 14.4 Å². The van der Waals surface area contributed by atoms with Crippen LogP contribution in [-0.2, 0) is 4.74 Å². The van der Waals surface area contributed by atoms with Gasteiger partial charge in [-0.25, -0.2) is 4.79 Å². The normalized spacial score (nSPS) is 23.3. The molecule has 4 aromatic rings. The average Bonchev–Trinajstić information content (AvgIpc) is 3.31. The fourth-order valence-corrected chi connectivity index (χ4v) is 12.6. The van der Waals surface area contributed by atoms with Gasteiger partial charge in [0.25, 0.3) is 0 Å². The minimum Gasteiger partial charge on any atom is -0.493 e. The predicted octanol–water partition coefficient (Wildman–Crippen LogP) is 15.0. The molecular formula is C57H71NO5S. The molecule has 0 bridgehead atoms.